The standard InChI is InChI=1S/C28H26ClN5O/c1-4-33(2)28-25(18-8-6-5-7-9-18)26(29)21-14-19(10-11-22(21)32-28)24-20(16-35)12-13-31-27(24)23-15-30-17-34(23)3/h5-15,17,35H,4,16H2,1-3H3. The first-order chi connectivity index (χ1) is 17.0. The van der Waals surface area contributed by atoms with Crippen LogP contribution < -0.4 is 4.90 Å². The van der Waals surface area contributed by atoms with Gasteiger partial charge in [-0.1, -0.05) is 48.0 Å². The van der Waals surface area contributed by atoms with Crippen LogP contribution in [0.25, 0.3) is 44.5 Å². The molecule has 7 heteroatoms. The van der Waals surface area contributed by atoms with Crippen LogP contribution in [0, 0.1) is 0 Å². The Bertz CT molecular complexity index is 1510. The lowest BCUT2D eigenvalue weighted by Gasteiger charge is -2.22. The Labute approximate surface area is 209 Å². The number of fused-ring (bicyclic) bond motifs is 1. The summed E-state index contributed by atoms with van der Waals surface area (Å²) in [6.45, 7) is 2.79. The van der Waals surface area contributed by atoms with Crippen LogP contribution in [-0.2, 0) is 13.7 Å². The summed E-state index contributed by atoms with van der Waals surface area (Å²) < 4.78 is 1.92. The van der Waals surface area contributed by atoms with E-state index in [1.807, 2.05) is 61.1 Å². The van der Waals surface area contributed by atoms with E-state index in [2.05, 4.69) is 33.9 Å². The van der Waals surface area contributed by atoms with E-state index in [4.69, 9.17) is 16.6 Å². The number of anilines is 1. The number of benzene rings is 2. The number of hydrogen-bond donors (Lipinski definition) is 1. The van der Waals surface area contributed by atoms with Crippen LogP contribution in [0.15, 0.2) is 73.3 Å². The van der Waals surface area contributed by atoms with Gasteiger partial charge in [0.05, 0.1) is 41.1 Å². The summed E-state index contributed by atoms with van der Waals surface area (Å²) in [7, 11) is 3.95. The highest BCUT2D eigenvalue weighted by Crippen LogP contribution is 2.42. The van der Waals surface area contributed by atoms with Gasteiger partial charge in [0.15, 0.2) is 0 Å². The van der Waals surface area contributed by atoms with Gasteiger partial charge in [-0.25, -0.2) is 9.97 Å². The zero-order valence-electron chi connectivity index (χ0n) is 19.9. The molecule has 0 fully saturated rings. The second kappa shape index (κ2) is 9.49. The summed E-state index contributed by atoms with van der Waals surface area (Å²) in [5, 5.41) is 11.7. The molecule has 0 unspecified atom stereocenters. The predicted octanol–water partition coefficient (Wildman–Crippen LogP) is 5.97. The van der Waals surface area contributed by atoms with Gasteiger partial charge >= 0.3 is 0 Å². The van der Waals surface area contributed by atoms with Gasteiger partial charge in [-0.2, -0.15) is 0 Å². The van der Waals surface area contributed by atoms with Crippen molar-refractivity contribution in [1.82, 2.24) is 19.5 Å². The van der Waals surface area contributed by atoms with Gasteiger partial charge in [-0.15, -0.1) is 0 Å². The molecule has 5 rings (SSSR count). The maximum absolute atomic E-state index is 10.2. The summed E-state index contributed by atoms with van der Waals surface area (Å²) in [6.07, 6.45) is 5.24. The lowest BCUT2D eigenvalue weighted by atomic mass is 9.95. The van der Waals surface area contributed by atoms with Crippen molar-refractivity contribution >= 4 is 28.3 Å². The SMILES string of the molecule is CCN(C)c1nc2ccc(-c3c(CO)ccnc3-c3cncn3C)cc2c(Cl)c1-c1ccccc1. The first kappa shape index (κ1) is 23.0. The fourth-order valence-corrected chi connectivity index (χ4v) is 4.73. The minimum absolute atomic E-state index is 0.109. The molecule has 176 valence electrons. The average molecular weight is 484 g/mol. The van der Waals surface area contributed by atoms with Crippen LogP contribution in [0.3, 0.4) is 0 Å². The highest BCUT2D eigenvalue weighted by atomic mass is 35.5. The van der Waals surface area contributed by atoms with Gasteiger partial charge in [-0.05, 0) is 41.8 Å². The van der Waals surface area contributed by atoms with E-state index in [-0.39, 0.29) is 6.61 Å². The first-order valence-electron chi connectivity index (χ1n) is 11.5. The van der Waals surface area contributed by atoms with E-state index in [9.17, 15) is 5.11 Å². The third kappa shape index (κ3) is 4.05. The number of aliphatic hydroxyl groups excluding tert-OH is 1. The van der Waals surface area contributed by atoms with Crippen LogP contribution in [0.4, 0.5) is 5.82 Å². The molecule has 0 amide bonds. The highest BCUT2D eigenvalue weighted by Gasteiger charge is 2.21. The average Bonchev–Trinajstić information content (AvgIpc) is 3.33. The lowest BCUT2D eigenvalue weighted by Crippen LogP contribution is -2.18. The highest BCUT2D eigenvalue weighted by molar-refractivity contribution is 6.39. The van der Waals surface area contributed by atoms with Crippen LogP contribution >= 0.6 is 11.6 Å². The molecule has 0 saturated heterocycles. The Kier molecular flexibility index (Phi) is 6.24. The summed E-state index contributed by atoms with van der Waals surface area (Å²) in [5.74, 6) is 0.844. The van der Waals surface area contributed by atoms with Crippen LogP contribution in [0.1, 0.15) is 12.5 Å². The molecule has 0 atom stereocenters. The Morgan fingerprint density at radius 2 is 1.83 bits per heavy atom. The summed E-state index contributed by atoms with van der Waals surface area (Å²) >= 11 is 7.13. The summed E-state index contributed by atoms with van der Waals surface area (Å²) in [4.78, 5) is 16.0. The topological polar surface area (TPSA) is 67.1 Å². The molecule has 6 nitrogen and oxygen atoms in total. The number of pyridine rings is 2. The molecule has 0 spiro atoms. The van der Waals surface area contributed by atoms with E-state index < -0.39 is 0 Å². The second-order valence-corrected chi connectivity index (χ2v) is 8.86. The van der Waals surface area contributed by atoms with Crippen LogP contribution in [0.2, 0.25) is 5.02 Å². The molecule has 0 saturated carbocycles. The number of rotatable bonds is 6. The molecule has 35 heavy (non-hydrogen) atoms. The fraction of sp³-hybridized carbons (Fsp3) is 0.179. The minimum atomic E-state index is -0.109. The van der Waals surface area contributed by atoms with E-state index in [0.29, 0.717) is 5.02 Å². The quantitative estimate of drug-likeness (QED) is 0.322. The normalized spacial score (nSPS) is 11.2. The van der Waals surface area contributed by atoms with Crippen molar-refractivity contribution < 1.29 is 5.11 Å². The summed E-state index contributed by atoms with van der Waals surface area (Å²) in [5.41, 5.74) is 6.89. The third-order valence-electron chi connectivity index (χ3n) is 6.36. The number of hydrogen-bond acceptors (Lipinski definition) is 5. The van der Waals surface area contributed by atoms with Crippen molar-refractivity contribution in [3.8, 4) is 33.6 Å². The zero-order valence-corrected chi connectivity index (χ0v) is 20.7. The largest absolute Gasteiger partial charge is 0.392 e. The van der Waals surface area contributed by atoms with Gasteiger partial charge in [-0.3, -0.25) is 4.98 Å². The molecule has 5 aromatic rings. The molecule has 3 aromatic heterocycles. The number of halogens is 1. The van der Waals surface area contributed by atoms with E-state index >= 15 is 0 Å². The van der Waals surface area contributed by atoms with Crippen LogP contribution in [-0.4, -0.2) is 38.2 Å². The van der Waals surface area contributed by atoms with Crippen molar-refractivity contribution in [3.05, 3.63) is 83.9 Å². The molecule has 3 heterocycles. The fourth-order valence-electron chi connectivity index (χ4n) is 4.39. The first-order valence-corrected chi connectivity index (χ1v) is 11.9. The van der Waals surface area contributed by atoms with E-state index in [1.165, 1.54) is 0 Å². The van der Waals surface area contributed by atoms with Gasteiger partial charge in [0.2, 0.25) is 0 Å². The van der Waals surface area contributed by atoms with Crippen molar-refractivity contribution in [1.29, 1.82) is 0 Å². The monoisotopic (exact) mass is 483 g/mol. The molecule has 0 aliphatic carbocycles. The maximum Gasteiger partial charge on any atom is 0.138 e. The smallest absolute Gasteiger partial charge is 0.138 e. The Balaban J connectivity index is 1.79. The van der Waals surface area contributed by atoms with E-state index in [0.717, 1.165) is 62.5 Å². The number of nitrogens with zero attached hydrogens (tertiary/aromatic N) is 5. The van der Waals surface area contributed by atoms with Gasteiger partial charge < -0.3 is 14.6 Å². The van der Waals surface area contributed by atoms with Gasteiger partial charge in [0.25, 0.3) is 0 Å². The Hall–Kier alpha value is -3.74. The molecule has 0 aliphatic heterocycles. The second-order valence-electron chi connectivity index (χ2n) is 8.48. The molecule has 2 aromatic carbocycles. The molecule has 0 radical (unpaired) electrons. The predicted molar refractivity (Wildman–Crippen MR) is 142 cm³/mol. The minimum Gasteiger partial charge on any atom is -0.392 e. The van der Waals surface area contributed by atoms with Crippen molar-refractivity contribution in [2.45, 2.75) is 13.5 Å². The molecule has 0 aliphatic rings. The molecule has 0 bridgehead atoms. The van der Waals surface area contributed by atoms with Crippen LogP contribution in [0.5, 0.6) is 0 Å². The maximum atomic E-state index is 10.2. The van der Waals surface area contributed by atoms with Crippen molar-refractivity contribution in [2.24, 2.45) is 7.05 Å². The number of imidazole rings is 1. The Morgan fingerprint density at radius 3 is 2.51 bits per heavy atom. The zero-order chi connectivity index (χ0) is 24.5. The summed E-state index contributed by atoms with van der Waals surface area (Å²) in [6, 6.07) is 18.0. The number of aliphatic hydroxyl groups is 1. The lowest BCUT2D eigenvalue weighted by molar-refractivity contribution is 0.282. The number of aromatic nitrogens is 4. The number of aryl methyl sites for hydroxylation is 1. The Morgan fingerprint density at radius 1 is 1.03 bits per heavy atom. The van der Waals surface area contributed by atoms with Crippen molar-refractivity contribution in [2.75, 3.05) is 18.5 Å². The molecular formula is C28H26ClN5O. The third-order valence-corrected chi connectivity index (χ3v) is 6.75. The van der Waals surface area contributed by atoms with Gasteiger partial charge in [0, 0.05) is 43.4 Å². The van der Waals surface area contributed by atoms with Crippen molar-refractivity contribution in [3.63, 3.8) is 0 Å². The molecule has 1 N–H and O–H groups in total. The molecular weight excluding hydrogens is 458 g/mol. The van der Waals surface area contributed by atoms with E-state index in [1.54, 1.807) is 18.7 Å². The van der Waals surface area contributed by atoms with Gasteiger partial charge in [0.1, 0.15) is 5.82 Å².